The molecule has 2 rings (SSSR count). The third-order valence-corrected chi connectivity index (χ3v) is 3.71. The van der Waals surface area contributed by atoms with Crippen molar-refractivity contribution in [3.05, 3.63) is 59.7 Å². The smallest absolute Gasteiger partial charge is 0.248 e. The van der Waals surface area contributed by atoms with Gasteiger partial charge in [0.1, 0.15) is 5.75 Å². The molecule has 0 bridgehead atoms. The quantitative estimate of drug-likeness (QED) is 0.661. The van der Waals surface area contributed by atoms with Gasteiger partial charge in [-0.1, -0.05) is 12.1 Å². The van der Waals surface area contributed by atoms with Gasteiger partial charge in [-0.2, -0.15) is 0 Å². The maximum absolute atomic E-state index is 11.9. The Bertz CT molecular complexity index is 680. The van der Waals surface area contributed by atoms with Gasteiger partial charge in [0.25, 0.3) is 0 Å². The van der Waals surface area contributed by atoms with Crippen LogP contribution in [-0.4, -0.2) is 17.3 Å². The van der Waals surface area contributed by atoms with Gasteiger partial charge in [0, 0.05) is 16.7 Å². The van der Waals surface area contributed by atoms with Crippen molar-refractivity contribution in [1.29, 1.82) is 0 Å². The molecule has 2 aromatic rings. The lowest BCUT2D eigenvalue weighted by molar-refractivity contribution is -0.111. The van der Waals surface area contributed by atoms with Crippen LogP contribution in [0.2, 0.25) is 0 Å². The van der Waals surface area contributed by atoms with Gasteiger partial charge in [0.2, 0.25) is 5.91 Å². The molecule has 108 valence electrons. The van der Waals surface area contributed by atoms with Gasteiger partial charge in [-0.15, -0.1) is 11.8 Å². The molecule has 4 heteroatoms. The van der Waals surface area contributed by atoms with Crippen LogP contribution >= 0.6 is 11.8 Å². The molecule has 0 saturated carbocycles. The molecule has 0 aliphatic heterocycles. The molecule has 1 amide bonds. The lowest BCUT2D eigenvalue weighted by Gasteiger charge is -2.04. The van der Waals surface area contributed by atoms with Crippen LogP contribution in [0.1, 0.15) is 11.1 Å². The van der Waals surface area contributed by atoms with Crippen LogP contribution in [0.3, 0.4) is 0 Å². The predicted molar refractivity (Wildman–Crippen MR) is 88.7 cm³/mol. The second kappa shape index (κ2) is 6.99. The number of thioether (sulfide) groups is 1. The Morgan fingerprint density at radius 1 is 1.24 bits per heavy atom. The number of carbonyl (C=O) groups excluding carboxylic acids is 1. The number of phenolic OH excluding ortho intramolecular Hbond substituents is 1. The van der Waals surface area contributed by atoms with Crippen LogP contribution in [0.25, 0.3) is 6.08 Å². The minimum atomic E-state index is -0.181. The summed E-state index contributed by atoms with van der Waals surface area (Å²) < 4.78 is 0. The fourth-order valence-corrected chi connectivity index (χ4v) is 2.30. The molecule has 2 N–H and O–H groups in total. The molecule has 2 aromatic carbocycles. The van der Waals surface area contributed by atoms with Crippen LogP contribution < -0.4 is 5.32 Å². The number of aromatic hydroxyl groups is 1. The third-order valence-electron chi connectivity index (χ3n) is 2.99. The molecule has 0 aliphatic carbocycles. The number of hydrogen-bond donors (Lipinski definition) is 2. The van der Waals surface area contributed by atoms with Crippen LogP contribution in [0.15, 0.2) is 53.4 Å². The van der Waals surface area contributed by atoms with Crippen molar-refractivity contribution < 1.29 is 9.90 Å². The number of rotatable bonds is 4. The van der Waals surface area contributed by atoms with E-state index < -0.39 is 0 Å². The van der Waals surface area contributed by atoms with Crippen molar-refractivity contribution in [3.63, 3.8) is 0 Å². The fourth-order valence-electron chi connectivity index (χ4n) is 1.84. The van der Waals surface area contributed by atoms with E-state index in [1.165, 1.54) is 6.08 Å². The van der Waals surface area contributed by atoms with E-state index >= 15 is 0 Å². The first-order valence-electron chi connectivity index (χ1n) is 6.51. The van der Waals surface area contributed by atoms with Gasteiger partial charge in [-0.3, -0.25) is 4.79 Å². The summed E-state index contributed by atoms with van der Waals surface area (Å²) in [5.41, 5.74) is 2.43. The minimum Gasteiger partial charge on any atom is -0.508 e. The zero-order valence-corrected chi connectivity index (χ0v) is 12.8. The van der Waals surface area contributed by atoms with Gasteiger partial charge in [0.05, 0.1) is 0 Å². The van der Waals surface area contributed by atoms with E-state index in [1.54, 1.807) is 30.0 Å². The molecule has 0 unspecified atom stereocenters. The summed E-state index contributed by atoms with van der Waals surface area (Å²) in [6.07, 6.45) is 5.20. The second-order valence-corrected chi connectivity index (χ2v) is 5.48. The highest BCUT2D eigenvalue weighted by Crippen LogP contribution is 2.19. The van der Waals surface area contributed by atoms with Crippen LogP contribution in [-0.2, 0) is 4.79 Å². The number of hydrogen-bond acceptors (Lipinski definition) is 3. The van der Waals surface area contributed by atoms with Crippen molar-refractivity contribution in [1.82, 2.24) is 0 Å². The first-order valence-corrected chi connectivity index (χ1v) is 7.73. The lowest BCUT2D eigenvalue weighted by Crippen LogP contribution is -2.07. The molecule has 0 aliphatic rings. The number of amides is 1. The average molecular weight is 299 g/mol. The van der Waals surface area contributed by atoms with E-state index in [-0.39, 0.29) is 11.7 Å². The van der Waals surface area contributed by atoms with Crippen LogP contribution in [0.5, 0.6) is 5.75 Å². The summed E-state index contributed by atoms with van der Waals surface area (Å²) in [6.45, 7) is 1.82. The maximum atomic E-state index is 11.9. The predicted octanol–water partition coefficient (Wildman–Crippen LogP) is 4.07. The van der Waals surface area contributed by atoms with Crippen molar-refractivity contribution in [3.8, 4) is 5.75 Å². The van der Waals surface area contributed by atoms with E-state index in [2.05, 4.69) is 5.32 Å². The van der Waals surface area contributed by atoms with Gasteiger partial charge in [0.15, 0.2) is 0 Å². The molecule has 21 heavy (non-hydrogen) atoms. The van der Waals surface area contributed by atoms with Crippen molar-refractivity contribution >= 4 is 29.4 Å². The maximum Gasteiger partial charge on any atom is 0.248 e. The zero-order chi connectivity index (χ0) is 15.2. The highest BCUT2D eigenvalue weighted by atomic mass is 32.2. The molecule has 0 atom stereocenters. The summed E-state index contributed by atoms with van der Waals surface area (Å²) >= 11 is 1.63. The number of nitrogens with one attached hydrogen (secondary N) is 1. The summed E-state index contributed by atoms with van der Waals surface area (Å²) in [7, 11) is 0. The van der Waals surface area contributed by atoms with Crippen molar-refractivity contribution in [2.24, 2.45) is 0 Å². The lowest BCUT2D eigenvalue weighted by atomic mass is 10.1. The topological polar surface area (TPSA) is 49.3 Å². The third kappa shape index (κ3) is 4.39. The van der Waals surface area contributed by atoms with Crippen molar-refractivity contribution in [2.45, 2.75) is 11.8 Å². The SMILES string of the molecule is CSc1cccc(NC(=O)/C=C/c2ccc(O)c(C)c2)c1. The van der Waals surface area contributed by atoms with Gasteiger partial charge < -0.3 is 10.4 Å². The largest absolute Gasteiger partial charge is 0.508 e. The summed E-state index contributed by atoms with van der Waals surface area (Å²) in [4.78, 5) is 13.0. The van der Waals surface area contributed by atoms with E-state index in [1.807, 2.05) is 43.5 Å². The normalized spacial score (nSPS) is 10.8. The van der Waals surface area contributed by atoms with Crippen molar-refractivity contribution in [2.75, 3.05) is 11.6 Å². The monoisotopic (exact) mass is 299 g/mol. The molecule has 0 aromatic heterocycles. The number of aryl methyl sites for hydroxylation is 1. The zero-order valence-electron chi connectivity index (χ0n) is 12.0. The first-order chi connectivity index (χ1) is 10.1. The standard InChI is InChI=1S/C17H17NO2S/c1-12-10-13(6-8-16(12)19)7-9-17(20)18-14-4-3-5-15(11-14)21-2/h3-11,19H,1-2H3,(H,18,20)/b9-7+. The first kappa shape index (κ1) is 15.2. The molecule has 0 spiro atoms. The number of carbonyl (C=O) groups is 1. The summed E-state index contributed by atoms with van der Waals surface area (Å²) in [6, 6.07) is 12.9. The second-order valence-electron chi connectivity index (χ2n) is 4.60. The van der Waals surface area contributed by atoms with Gasteiger partial charge in [-0.05, 0) is 60.7 Å². The Labute approximate surface area is 128 Å². The van der Waals surface area contributed by atoms with E-state index in [9.17, 15) is 9.90 Å². The van der Waals surface area contributed by atoms with Crippen LogP contribution in [0, 0.1) is 6.92 Å². The Morgan fingerprint density at radius 2 is 2.05 bits per heavy atom. The fraction of sp³-hybridized carbons (Fsp3) is 0.118. The Hall–Kier alpha value is -2.20. The molecule has 0 fully saturated rings. The average Bonchev–Trinajstić information content (AvgIpc) is 2.48. The molecule has 0 heterocycles. The highest BCUT2D eigenvalue weighted by Gasteiger charge is 2.00. The Kier molecular flexibility index (Phi) is 5.06. The number of benzene rings is 2. The Balaban J connectivity index is 2.03. The van der Waals surface area contributed by atoms with Gasteiger partial charge in [-0.25, -0.2) is 0 Å². The summed E-state index contributed by atoms with van der Waals surface area (Å²) in [5.74, 6) is 0.0736. The molecule has 0 saturated heterocycles. The van der Waals surface area contributed by atoms with E-state index in [4.69, 9.17) is 0 Å². The Morgan fingerprint density at radius 3 is 2.76 bits per heavy atom. The minimum absolute atomic E-state index is 0.181. The van der Waals surface area contributed by atoms with Gasteiger partial charge >= 0.3 is 0 Å². The van der Waals surface area contributed by atoms with Crippen LogP contribution in [0.4, 0.5) is 5.69 Å². The molecular formula is C17H17NO2S. The molecule has 3 nitrogen and oxygen atoms in total. The molecule has 0 radical (unpaired) electrons. The summed E-state index contributed by atoms with van der Waals surface area (Å²) in [5, 5.41) is 12.3. The number of anilines is 1. The number of phenols is 1. The van der Waals surface area contributed by atoms with E-state index in [0.717, 1.165) is 21.7 Å². The highest BCUT2D eigenvalue weighted by molar-refractivity contribution is 7.98. The van der Waals surface area contributed by atoms with E-state index in [0.29, 0.717) is 0 Å². The molecular weight excluding hydrogens is 282 g/mol.